The Morgan fingerprint density at radius 1 is 0.909 bits per heavy atom. The van der Waals surface area contributed by atoms with Gasteiger partial charge in [0.05, 0.1) is 11.0 Å². The number of nitrogens with zero attached hydrogens (tertiary/aromatic N) is 2. The molecule has 1 saturated heterocycles. The summed E-state index contributed by atoms with van der Waals surface area (Å²) in [5, 5.41) is 11.4. The van der Waals surface area contributed by atoms with Gasteiger partial charge in [0.2, 0.25) is 8.32 Å². The number of rotatable bonds is 6. The molecule has 0 aliphatic carbocycles. The molecule has 3 aromatic rings. The van der Waals surface area contributed by atoms with E-state index in [1.54, 1.807) is 35.4 Å². The topological polar surface area (TPSA) is 70.4 Å². The Labute approximate surface area is 197 Å². The zero-order valence-electron chi connectivity index (χ0n) is 19.0. The molecule has 1 fully saturated rings. The van der Waals surface area contributed by atoms with Crippen molar-refractivity contribution in [1.29, 1.82) is 5.26 Å². The van der Waals surface area contributed by atoms with Crippen LogP contribution in [0.3, 0.4) is 0 Å². The van der Waals surface area contributed by atoms with E-state index in [0.717, 1.165) is 5.56 Å². The number of hydrogen-bond donors (Lipinski definition) is 0. The van der Waals surface area contributed by atoms with E-state index in [4.69, 9.17) is 4.53 Å². The number of hydrogen-bond acceptors (Lipinski definition) is 5. The number of hydroxylamine groups is 2. The van der Waals surface area contributed by atoms with Crippen molar-refractivity contribution in [2.75, 3.05) is 6.54 Å². The first-order valence-corrected chi connectivity index (χ1v) is 15.9. The molecule has 0 unspecified atom stereocenters. The predicted octanol–water partition coefficient (Wildman–Crippen LogP) is 5.11. The Morgan fingerprint density at radius 3 is 1.94 bits per heavy atom. The minimum absolute atomic E-state index is 0.210. The molecule has 0 saturated carbocycles. The van der Waals surface area contributed by atoms with E-state index in [1.807, 2.05) is 80.3 Å². The Morgan fingerprint density at radius 2 is 1.42 bits per heavy atom. The summed E-state index contributed by atoms with van der Waals surface area (Å²) in [6, 6.07) is 29.6. The van der Waals surface area contributed by atoms with Crippen LogP contribution in [0.2, 0.25) is 19.6 Å². The maximum absolute atomic E-state index is 14.3. The molecular weight excluding hydrogens is 448 g/mol. The molecule has 0 N–H and O–H groups in total. The summed E-state index contributed by atoms with van der Waals surface area (Å²) in [6.45, 7) is 6.41. The highest BCUT2D eigenvalue weighted by molar-refractivity contribution is 7.92. The summed E-state index contributed by atoms with van der Waals surface area (Å²) in [5.41, 5.74) is -0.00980. The van der Waals surface area contributed by atoms with Crippen molar-refractivity contribution in [1.82, 2.24) is 5.06 Å². The van der Waals surface area contributed by atoms with Gasteiger partial charge in [0.15, 0.2) is 15.4 Å². The van der Waals surface area contributed by atoms with Crippen LogP contribution < -0.4 is 0 Å². The molecule has 1 aliphatic rings. The molecule has 0 amide bonds. The number of benzene rings is 3. The SMILES string of the molecule is C[Si](C)(C)ON1C[C@@H](c2ccccc2)[C@H](S(=O)(=O)c2ccccc2)[C@]1(C#N)c1ccccc1. The van der Waals surface area contributed by atoms with Crippen LogP contribution in [-0.4, -0.2) is 33.6 Å². The lowest BCUT2D eigenvalue weighted by atomic mass is 9.84. The van der Waals surface area contributed by atoms with E-state index in [0.29, 0.717) is 12.1 Å². The van der Waals surface area contributed by atoms with Crippen LogP contribution in [0.4, 0.5) is 0 Å². The second kappa shape index (κ2) is 8.88. The zero-order valence-corrected chi connectivity index (χ0v) is 20.9. The number of sulfone groups is 1. The summed E-state index contributed by atoms with van der Waals surface area (Å²) in [7, 11) is -6.10. The van der Waals surface area contributed by atoms with Crippen molar-refractivity contribution in [3.63, 3.8) is 0 Å². The number of nitriles is 1. The maximum Gasteiger partial charge on any atom is 0.212 e. The maximum atomic E-state index is 14.3. The summed E-state index contributed by atoms with van der Waals surface area (Å²) in [5.74, 6) is -0.451. The van der Waals surface area contributed by atoms with Crippen LogP contribution in [-0.2, 0) is 19.9 Å². The second-order valence-electron chi connectivity index (χ2n) is 9.30. The van der Waals surface area contributed by atoms with Crippen molar-refractivity contribution in [3.8, 4) is 6.07 Å². The van der Waals surface area contributed by atoms with Gasteiger partial charge < -0.3 is 4.53 Å². The van der Waals surface area contributed by atoms with Crippen LogP contribution >= 0.6 is 0 Å². The first-order valence-electron chi connectivity index (χ1n) is 11.0. The molecule has 33 heavy (non-hydrogen) atoms. The van der Waals surface area contributed by atoms with Gasteiger partial charge in [0.25, 0.3) is 0 Å². The van der Waals surface area contributed by atoms with Gasteiger partial charge in [-0.15, -0.1) is 0 Å². The normalized spacial score (nSPS) is 23.8. The van der Waals surface area contributed by atoms with E-state index in [2.05, 4.69) is 6.07 Å². The second-order valence-corrected chi connectivity index (χ2v) is 15.8. The van der Waals surface area contributed by atoms with Gasteiger partial charge in [0.1, 0.15) is 5.25 Å². The Kier molecular flexibility index (Phi) is 6.30. The smallest absolute Gasteiger partial charge is 0.212 e. The van der Waals surface area contributed by atoms with Crippen molar-refractivity contribution < 1.29 is 12.9 Å². The van der Waals surface area contributed by atoms with Gasteiger partial charge in [-0.25, -0.2) is 8.42 Å². The first kappa shape index (κ1) is 23.4. The largest absolute Gasteiger partial charge is 0.341 e. The summed E-state index contributed by atoms with van der Waals surface area (Å²) in [6.07, 6.45) is 0. The lowest BCUT2D eigenvalue weighted by molar-refractivity contribution is -0.109. The van der Waals surface area contributed by atoms with Gasteiger partial charge >= 0.3 is 0 Å². The summed E-state index contributed by atoms with van der Waals surface area (Å²) >= 11 is 0. The highest BCUT2D eigenvalue weighted by Gasteiger charge is 2.63. The first-order chi connectivity index (χ1) is 15.7. The molecule has 0 bridgehead atoms. The summed E-state index contributed by atoms with van der Waals surface area (Å²) in [4.78, 5) is 0.210. The molecule has 5 nitrogen and oxygen atoms in total. The fourth-order valence-electron chi connectivity index (χ4n) is 4.65. The molecule has 7 heteroatoms. The van der Waals surface area contributed by atoms with Gasteiger partial charge in [-0.2, -0.15) is 10.3 Å². The van der Waals surface area contributed by atoms with Crippen LogP contribution in [0.5, 0.6) is 0 Å². The molecular formula is C26H28N2O3SSi. The van der Waals surface area contributed by atoms with Crippen LogP contribution in [0.25, 0.3) is 0 Å². The summed E-state index contributed by atoms with van der Waals surface area (Å²) < 4.78 is 35.0. The molecule has 4 rings (SSSR count). The monoisotopic (exact) mass is 476 g/mol. The third-order valence-electron chi connectivity index (χ3n) is 5.94. The Balaban J connectivity index is 2.02. The molecule has 0 spiro atoms. The van der Waals surface area contributed by atoms with E-state index < -0.39 is 34.9 Å². The van der Waals surface area contributed by atoms with Crippen molar-refractivity contribution in [2.45, 2.75) is 41.2 Å². The fraction of sp³-hybridized carbons (Fsp3) is 0.269. The Hall–Kier alpha value is -2.76. The standard InChI is InChI=1S/C26H28N2O3SSi/c1-33(2,3)31-28-19-24(21-13-7-4-8-14-21)25(32(29,30)23-17-11-6-12-18-23)26(28,20-27)22-15-9-5-10-16-22/h4-18,24-25H,19H2,1-3H3/t24-,25-,26-/m0/s1. The molecule has 3 atom stereocenters. The van der Waals surface area contributed by atoms with Gasteiger partial charge in [-0.3, -0.25) is 0 Å². The van der Waals surface area contributed by atoms with Crippen molar-refractivity contribution >= 4 is 18.2 Å². The zero-order chi connectivity index (χ0) is 23.7. The van der Waals surface area contributed by atoms with Crippen LogP contribution in [0.1, 0.15) is 17.0 Å². The molecule has 0 radical (unpaired) electrons. The molecule has 170 valence electrons. The van der Waals surface area contributed by atoms with Crippen LogP contribution in [0.15, 0.2) is 95.9 Å². The molecule has 1 heterocycles. The molecule has 0 aromatic heterocycles. The van der Waals surface area contributed by atoms with E-state index in [9.17, 15) is 13.7 Å². The Bertz CT molecular complexity index is 1240. The highest BCUT2D eigenvalue weighted by atomic mass is 32.2. The highest BCUT2D eigenvalue weighted by Crippen LogP contribution is 2.51. The van der Waals surface area contributed by atoms with E-state index in [1.165, 1.54) is 0 Å². The third kappa shape index (κ3) is 4.27. The molecule has 1 aliphatic heterocycles. The van der Waals surface area contributed by atoms with E-state index >= 15 is 0 Å². The fourth-order valence-corrected chi connectivity index (χ4v) is 7.79. The third-order valence-corrected chi connectivity index (χ3v) is 8.97. The van der Waals surface area contributed by atoms with Gasteiger partial charge in [0, 0.05) is 12.5 Å². The van der Waals surface area contributed by atoms with Crippen molar-refractivity contribution in [2.24, 2.45) is 0 Å². The van der Waals surface area contributed by atoms with Gasteiger partial charge in [-0.05, 0) is 42.9 Å². The van der Waals surface area contributed by atoms with Crippen molar-refractivity contribution in [3.05, 3.63) is 102 Å². The average Bonchev–Trinajstić information content (AvgIpc) is 3.15. The lowest BCUT2D eigenvalue weighted by Gasteiger charge is -2.39. The lowest BCUT2D eigenvalue weighted by Crippen LogP contribution is -2.52. The quantitative estimate of drug-likeness (QED) is 0.462. The minimum atomic E-state index is -3.92. The predicted molar refractivity (Wildman–Crippen MR) is 131 cm³/mol. The average molecular weight is 477 g/mol. The molecule has 3 aromatic carbocycles. The van der Waals surface area contributed by atoms with E-state index in [-0.39, 0.29) is 4.90 Å². The minimum Gasteiger partial charge on any atom is -0.341 e. The van der Waals surface area contributed by atoms with Gasteiger partial charge in [-0.1, -0.05) is 78.9 Å². The van der Waals surface area contributed by atoms with Crippen LogP contribution in [0, 0.1) is 11.3 Å².